The number of carbonyl (C=O) groups is 1. The average molecular weight is 415 g/mol. The van der Waals surface area contributed by atoms with Crippen LogP contribution >= 0.6 is 0 Å². The standard InChI is InChI=1S/C24H46O5/c1-3-4-5-6-7-9-12-15-22(2)16-13-10-8-11-14-17-24(27)29-20-23(18-25)19-28-21-26/h7,9,21-25,27H,3-6,8,10-20H2,1-2H3/b9-7-/t22-,23?,24?/m0/s1. The fourth-order valence-corrected chi connectivity index (χ4v) is 3.27. The monoisotopic (exact) mass is 414 g/mol. The van der Waals surface area contributed by atoms with E-state index in [-0.39, 0.29) is 25.7 Å². The second-order valence-electron chi connectivity index (χ2n) is 8.26. The van der Waals surface area contributed by atoms with Gasteiger partial charge in [-0.1, -0.05) is 70.9 Å². The summed E-state index contributed by atoms with van der Waals surface area (Å²) in [6.07, 6.45) is 19.3. The minimum atomic E-state index is -0.810. The van der Waals surface area contributed by atoms with Gasteiger partial charge in [0.2, 0.25) is 0 Å². The lowest BCUT2D eigenvalue weighted by Crippen LogP contribution is -2.24. The fourth-order valence-electron chi connectivity index (χ4n) is 3.27. The van der Waals surface area contributed by atoms with Gasteiger partial charge in [0.1, 0.15) is 0 Å². The van der Waals surface area contributed by atoms with Gasteiger partial charge in [-0.2, -0.15) is 0 Å². The number of ether oxygens (including phenoxy) is 2. The first kappa shape index (κ1) is 28.1. The van der Waals surface area contributed by atoms with Crippen LogP contribution in [0.4, 0.5) is 0 Å². The molecule has 0 aliphatic heterocycles. The Kier molecular flexibility index (Phi) is 21.1. The molecule has 0 aromatic rings. The van der Waals surface area contributed by atoms with Crippen molar-refractivity contribution in [2.24, 2.45) is 11.8 Å². The molecule has 0 aliphatic carbocycles. The molecule has 2 N–H and O–H groups in total. The highest BCUT2D eigenvalue weighted by atomic mass is 16.6. The van der Waals surface area contributed by atoms with E-state index in [9.17, 15) is 9.90 Å². The largest absolute Gasteiger partial charge is 0.467 e. The minimum Gasteiger partial charge on any atom is -0.467 e. The van der Waals surface area contributed by atoms with E-state index >= 15 is 0 Å². The quantitative estimate of drug-likeness (QED) is 0.108. The van der Waals surface area contributed by atoms with E-state index in [4.69, 9.17) is 9.84 Å². The molecular weight excluding hydrogens is 368 g/mol. The summed E-state index contributed by atoms with van der Waals surface area (Å²) < 4.78 is 9.93. The molecular formula is C24H46O5. The lowest BCUT2D eigenvalue weighted by Gasteiger charge is -2.17. The summed E-state index contributed by atoms with van der Waals surface area (Å²) in [4.78, 5) is 10.2. The second-order valence-corrected chi connectivity index (χ2v) is 8.26. The molecule has 5 nitrogen and oxygen atoms in total. The summed E-state index contributed by atoms with van der Waals surface area (Å²) in [7, 11) is 0. The molecule has 0 aromatic carbocycles. The number of hydrogen-bond acceptors (Lipinski definition) is 5. The van der Waals surface area contributed by atoms with Crippen LogP contribution in [0, 0.1) is 11.8 Å². The van der Waals surface area contributed by atoms with Crippen LogP contribution in [-0.2, 0) is 14.3 Å². The normalized spacial score (nSPS) is 14.8. The van der Waals surface area contributed by atoms with Crippen LogP contribution < -0.4 is 0 Å². The van der Waals surface area contributed by atoms with Gasteiger partial charge in [-0.05, 0) is 44.4 Å². The van der Waals surface area contributed by atoms with E-state index in [2.05, 4.69) is 30.7 Å². The molecule has 0 amide bonds. The molecule has 3 atom stereocenters. The molecule has 0 heterocycles. The highest BCUT2D eigenvalue weighted by Gasteiger charge is 2.12. The predicted molar refractivity (Wildman–Crippen MR) is 119 cm³/mol. The van der Waals surface area contributed by atoms with Crippen molar-refractivity contribution in [2.75, 3.05) is 19.8 Å². The minimum absolute atomic E-state index is 0.111. The summed E-state index contributed by atoms with van der Waals surface area (Å²) in [5.41, 5.74) is 0. The Hall–Kier alpha value is -0.910. The zero-order valence-electron chi connectivity index (χ0n) is 18.9. The molecule has 172 valence electrons. The van der Waals surface area contributed by atoms with E-state index in [1.807, 2.05) is 0 Å². The molecule has 2 unspecified atom stereocenters. The van der Waals surface area contributed by atoms with Crippen LogP contribution in [-0.4, -0.2) is 42.8 Å². The van der Waals surface area contributed by atoms with Gasteiger partial charge in [0, 0.05) is 5.92 Å². The first-order chi connectivity index (χ1) is 14.1. The molecule has 0 fully saturated rings. The third-order valence-electron chi connectivity index (χ3n) is 5.30. The Morgan fingerprint density at radius 1 is 0.862 bits per heavy atom. The zero-order valence-corrected chi connectivity index (χ0v) is 18.9. The van der Waals surface area contributed by atoms with Crippen LogP contribution in [0.3, 0.4) is 0 Å². The Balaban J connectivity index is 3.47. The fraction of sp³-hybridized carbons (Fsp3) is 0.875. The lowest BCUT2D eigenvalue weighted by molar-refractivity contribution is -0.137. The SMILES string of the molecule is CCCCC/C=C\CC[C@H](C)CCCCCCCC(O)OCC(CO)COC=O. The number of aliphatic hydroxyl groups is 2. The number of aliphatic hydroxyl groups excluding tert-OH is 2. The van der Waals surface area contributed by atoms with E-state index in [0.29, 0.717) is 12.9 Å². The maximum Gasteiger partial charge on any atom is 0.293 e. The van der Waals surface area contributed by atoms with Crippen molar-refractivity contribution in [3.8, 4) is 0 Å². The number of allylic oxidation sites excluding steroid dienone is 2. The maximum atomic E-state index is 10.2. The highest BCUT2D eigenvalue weighted by molar-refractivity contribution is 5.36. The van der Waals surface area contributed by atoms with Gasteiger partial charge >= 0.3 is 0 Å². The number of carbonyl (C=O) groups excluding carboxylic acids is 1. The Morgan fingerprint density at radius 3 is 2.24 bits per heavy atom. The van der Waals surface area contributed by atoms with Gasteiger partial charge in [0.05, 0.1) is 19.8 Å². The average Bonchev–Trinajstić information content (AvgIpc) is 2.72. The van der Waals surface area contributed by atoms with E-state index in [0.717, 1.165) is 18.8 Å². The van der Waals surface area contributed by atoms with Gasteiger partial charge in [0.15, 0.2) is 6.29 Å². The summed E-state index contributed by atoms with van der Waals surface area (Å²) >= 11 is 0. The molecule has 29 heavy (non-hydrogen) atoms. The maximum absolute atomic E-state index is 10.2. The van der Waals surface area contributed by atoms with Crippen molar-refractivity contribution in [3.63, 3.8) is 0 Å². The number of rotatable bonds is 22. The lowest BCUT2D eigenvalue weighted by atomic mass is 9.97. The van der Waals surface area contributed by atoms with Crippen LogP contribution in [0.15, 0.2) is 12.2 Å². The summed E-state index contributed by atoms with van der Waals surface area (Å²) in [6.45, 7) is 5.13. The molecule has 0 aliphatic rings. The first-order valence-corrected chi connectivity index (χ1v) is 11.7. The zero-order chi connectivity index (χ0) is 21.6. The van der Waals surface area contributed by atoms with Crippen LogP contribution in [0.25, 0.3) is 0 Å². The van der Waals surface area contributed by atoms with E-state index < -0.39 is 6.29 Å². The van der Waals surface area contributed by atoms with Gasteiger partial charge < -0.3 is 19.7 Å². The van der Waals surface area contributed by atoms with Crippen LogP contribution in [0.5, 0.6) is 0 Å². The molecule has 0 spiro atoms. The van der Waals surface area contributed by atoms with Gasteiger partial charge in [0.25, 0.3) is 6.47 Å². The van der Waals surface area contributed by atoms with Crippen LogP contribution in [0.2, 0.25) is 0 Å². The van der Waals surface area contributed by atoms with E-state index in [1.54, 1.807) is 0 Å². The van der Waals surface area contributed by atoms with Crippen LogP contribution in [0.1, 0.15) is 97.3 Å². The van der Waals surface area contributed by atoms with Crippen molar-refractivity contribution in [2.45, 2.75) is 104 Å². The molecule has 0 rings (SSSR count). The smallest absolute Gasteiger partial charge is 0.293 e. The molecule has 0 saturated heterocycles. The Morgan fingerprint density at radius 2 is 1.55 bits per heavy atom. The van der Waals surface area contributed by atoms with Gasteiger partial charge in [-0.3, -0.25) is 4.79 Å². The van der Waals surface area contributed by atoms with E-state index in [1.165, 1.54) is 64.2 Å². The third-order valence-corrected chi connectivity index (χ3v) is 5.30. The summed E-state index contributed by atoms with van der Waals surface area (Å²) in [6, 6.07) is 0. The van der Waals surface area contributed by atoms with Crippen molar-refractivity contribution in [1.29, 1.82) is 0 Å². The van der Waals surface area contributed by atoms with Crippen molar-refractivity contribution < 1.29 is 24.5 Å². The van der Waals surface area contributed by atoms with Crippen molar-refractivity contribution in [3.05, 3.63) is 12.2 Å². The highest BCUT2D eigenvalue weighted by Crippen LogP contribution is 2.17. The van der Waals surface area contributed by atoms with Crippen molar-refractivity contribution >= 4 is 6.47 Å². The number of hydrogen-bond donors (Lipinski definition) is 2. The Bertz CT molecular complexity index is 372. The molecule has 0 saturated carbocycles. The molecule has 0 aromatic heterocycles. The van der Waals surface area contributed by atoms with Gasteiger partial charge in [-0.15, -0.1) is 0 Å². The summed E-state index contributed by atoms with van der Waals surface area (Å²) in [5.74, 6) is 0.515. The third kappa shape index (κ3) is 20.2. The second kappa shape index (κ2) is 21.8. The topological polar surface area (TPSA) is 76.0 Å². The molecule has 0 bridgehead atoms. The molecule has 0 radical (unpaired) electrons. The van der Waals surface area contributed by atoms with Crippen molar-refractivity contribution in [1.82, 2.24) is 0 Å². The predicted octanol–water partition coefficient (Wildman–Crippen LogP) is 5.39. The van der Waals surface area contributed by atoms with Gasteiger partial charge in [-0.25, -0.2) is 0 Å². The summed E-state index contributed by atoms with van der Waals surface area (Å²) in [5, 5.41) is 19.0. The molecule has 5 heteroatoms. The Labute approximate surface area is 178 Å². The number of unbranched alkanes of at least 4 members (excludes halogenated alkanes) is 7. The first-order valence-electron chi connectivity index (χ1n) is 11.7.